The monoisotopic (exact) mass is 327 g/mol. The van der Waals surface area contributed by atoms with E-state index < -0.39 is 6.10 Å². The molecule has 1 fully saturated rings. The normalized spacial score (nSPS) is 26.2. The molecule has 3 heterocycles. The molecule has 2 aromatic rings. The van der Waals surface area contributed by atoms with E-state index >= 15 is 0 Å². The molecule has 1 saturated heterocycles. The molecule has 4 rings (SSSR count). The first-order valence-corrected chi connectivity index (χ1v) is 8.42. The number of piperidine rings is 1. The zero-order chi connectivity index (χ0) is 16.5. The number of hydrogen-bond donors (Lipinski definition) is 0. The molecule has 0 bridgehead atoms. The molecule has 6 nitrogen and oxygen atoms in total. The highest BCUT2D eigenvalue weighted by molar-refractivity contribution is 5.82. The fourth-order valence-electron chi connectivity index (χ4n) is 3.44. The van der Waals surface area contributed by atoms with E-state index in [1.807, 2.05) is 53.0 Å². The van der Waals surface area contributed by atoms with E-state index in [4.69, 9.17) is 9.47 Å². The number of hydrogen-bond acceptors (Lipinski definition) is 4. The van der Waals surface area contributed by atoms with Gasteiger partial charge < -0.3 is 14.4 Å². The number of carbonyl (C=O) groups excluding carboxylic acids is 1. The second kappa shape index (κ2) is 6.19. The van der Waals surface area contributed by atoms with Crippen LogP contribution in [0.5, 0.6) is 11.5 Å². The van der Waals surface area contributed by atoms with E-state index in [0.717, 1.165) is 19.4 Å². The molecule has 2 aliphatic heterocycles. The van der Waals surface area contributed by atoms with Gasteiger partial charge in [0.2, 0.25) is 6.10 Å². The minimum Gasteiger partial charge on any atom is -0.482 e. The molecule has 24 heavy (non-hydrogen) atoms. The molecule has 3 atom stereocenters. The zero-order valence-electron chi connectivity index (χ0n) is 13.7. The van der Waals surface area contributed by atoms with Gasteiger partial charge in [-0.3, -0.25) is 9.48 Å². The van der Waals surface area contributed by atoms with Crippen molar-refractivity contribution in [2.75, 3.05) is 13.1 Å². The van der Waals surface area contributed by atoms with Crippen molar-refractivity contribution in [3.8, 4) is 11.5 Å². The molecule has 0 aliphatic carbocycles. The summed E-state index contributed by atoms with van der Waals surface area (Å²) in [4.78, 5) is 14.9. The SMILES string of the molecule is CC1Oc2ccccc2OC1C(=O)N1CCCC(n2cccn2)C1. The van der Waals surface area contributed by atoms with Gasteiger partial charge in [0.25, 0.3) is 5.91 Å². The lowest BCUT2D eigenvalue weighted by Crippen LogP contribution is -2.53. The summed E-state index contributed by atoms with van der Waals surface area (Å²) in [5, 5.41) is 4.31. The lowest BCUT2D eigenvalue weighted by Gasteiger charge is -2.38. The van der Waals surface area contributed by atoms with Gasteiger partial charge in [-0.05, 0) is 38.0 Å². The Hall–Kier alpha value is -2.50. The van der Waals surface area contributed by atoms with E-state index in [1.54, 1.807) is 6.20 Å². The van der Waals surface area contributed by atoms with Gasteiger partial charge in [-0.15, -0.1) is 0 Å². The highest BCUT2D eigenvalue weighted by Crippen LogP contribution is 2.34. The van der Waals surface area contributed by atoms with Crippen molar-refractivity contribution in [3.05, 3.63) is 42.7 Å². The summed E-state index contributed by atoms with van der Waals surface area (Å²) in [5.74, 6) is 1.32. The molecule has 6 heteroatoms. The van der Waals surface area contributed by atoms with Crippen molar-refractivity contribution in [3.63, 3.8) is 0 Å². The van der Waals surface area contributed by atoms with Crippen molar-refractivity contribution in [1.82, 2.24) is 14.7 Å². The largest absolute Gasteiger partial charge is 0.482 e. The number of likely N-dealkylation sites (tertiary alicyclic amines) is 1. The van der Waals surface area contributed by atoms with Crippen molar-refractivity contribution in [2.45, 2.75) is 38.0 Å². The Morgan fingerprint density at radius 1 is 1.21 bits per heavy atom. The summed E-state index contributed by atoms with van der Waals surface area (Å²) in [5.41, 5.74) is 0. The third-order valence-corrected chi connectivity index (χ3v) is 4.69. The predicted molar refractivity (Wildman–Crippen MR) is 88.0 cm³/mol. The smallest absolute Gasteiger partial charge is 0.267 e. The Bertz CT molecular complexity index is 716. The molecule has 0 N–H and O–H groups in total. The standard InChI is InChI=1S/C18H21N3O3/c1-13-17(24-16-8-3-2-7-15(16)23-13)18(22)20-10-4-6-14(12-20)21-11-5-9-19-21/h2-3,5,7-9,11,13-14,17H,4,6,10,12H2,1H3. The molecule has 0 radical (unpaired) electrons. The Morgan fingerprint density at radius 2 is 2.00 bits per heavy atom. The van der Waals surface area contributed by atoms with Crippen LogP contribution in [0.4, 0.5) is 0 Å². The van der Waals surface area contributed by atoms with Gasteiger partial charge in [-0.2, -0.15) is 5.10 Å². The van der Waals surface area contributed by atoms with Gasteiger partial charge in [0, 0.05) is 25.5 Å². The Labute approximate surface area is 141 Å². The van der Waals surface area contributed by atoms with Gasteiger partial charge in [-0.25, -0.2) is 0 Å². The molecule has 1 aromatic carbocycles. The quantitative estimate of drug-likeness (QED) is 0.849. The number of ether oxygens (including phenoxy) is 2. The first kappa shape index (κ1) is 15.1. The Balaban J connectivity index is 1.49. The number of carbonyl (C=O) groups is 1. The van der Waals surface area contributed by atoms with Crippen LogP contribution in [0.3, 0.4) is 0 Å². The molecule has 126 valence electrons. The van der Waals surface area contributed by atoms with Crippen LogP contribution in [0.15, 0.2) is 42.7 Å². The van der Waals surface area contributed by atoms with Crippen molar-refractivity contribution >= 4 is 5.91 Å². The Morgan fingerprint density at radius 3 is 2.75 bits per heavy atom. The van der Waals surface area contributed by atoms with E-state index in [2.05, 4.69) is 5.10 Å². The third kappa shape index (κ3) is 2.72. The first-order valence-electron chi connectivity index (χ1n) is 8.42. The molecule has 1 amide bonds. The van der Waals surface area contributed by atoms with Crippen LogP contribution in [0.1, 0.15) is 25.8 Å². The van der Waals surface area contributed by atoms with E-state index in [0.29, 0.717) is 18.0 Å². The minimum absolute atomic E-state index is 0.00569. The van der Waals surface area contributed by atoms with E-state index in [1.165, 1.54) is 0 Å². The summed E-state index contributed by atoms with van der Waals surface area (Å²) in [6, 6.07) is 9.62. The molecular weight excluding hydrogens is 306 g/mol. The molecule has 2 aliphatic rings. The van der Waals surface area contributed by atoms with Gasteiger partial charge in [-0.1, -0.05) is 12.1 Å². The van der Waals surface area contributed by atoms with Crippen LogP contribution in [-0.2, 0) is 4.79 Å². The average Bonchev–Trinajstić information content (AvgIpc) is 3.15. The second-order valence-electron chi connectivity index (χ2n) is 6.37. The summed E-state index contributed by atoms with van der Waals surface area (Å²) >= 11 is 0. The first-order chi connectivity index (χ1) is 11.7. The van der Waals surface area contributed by atoms with Crippen LogP contribution < -0.4 is 9.47 Å². The van der Waals surface area contributed by atoms with Crippen LogP contribution >= 0.6 is 0 Å². The maximum Gasteiger partial charge on any atom is 0.267 e. The maximum absolute atomic E-state index is 13.0. The predicted octanol–water partition coefficient (Wildman–Crippen LogP) is 2.28. The van der Waals surface area contributed by atoms with Crippen LogP contribution in [-0.4, -0.2) is 45.9 Å². The number of rotatable bonds is 2. The van der Waals surface area contributed by atoms with Crippen molar-refractivity contribution in [2.24, 2.45) is 0 Å². The van der Waals surface area contributed by atoms with Gasteiger partial charge in [0.15, 0.2) is 11.5 Å². The van der Waals surface area contributed by atoms with Gasteiger partial charge in [0.05, 0.1) is 6.04 Å². The summed E-state index contributed by atoms with van der Waals surface area (Å²) < 4.78 is 13.8. The highest BCUT2D eigenvalue weighted by atomic mass is 16.6. The molecular formula is C18H21N3O3. The summed E-state index contributed by atoms with van der Waals surface area (Å²) in [6.07, 6.45) is 4.82. The van der Waals surface area contributed by atoms with Crippen LogP contribution in [0.25, 0.3) is 0 Å². The Kier molecular flexibility index (Phi) is 3.88. The lowest BCUT2D eigenvalue weighted by molar-refractivity contribution is -0.146. The van der Waals surface area contributed by atoms with Crippen LogP contribution in [0.2, 0.25) is 0 Å². The number of para-hydroxylation sites is 2. The number of amides is 1. The van der Waals surface area contributed by atoms with Gasteiger partial charge >= 0.3 is 0 Å². The number of nitrogens with zero attached hydrogens (tertiary/aromatic N) is 3. The topological polar surface area (TPSA) is 56.6 Å². The lowest BCUT2D eigenvalue weighted by atomic mass is 10.0. The van der Waals surface area contributed by atoms with Crippen LogP contribution in [0, 0.1) is 0 Å². The van der Waals surface area contributed by atoms with Gasteiger partial charge in [0.1, 0.15) is 6.10 Å². The fraction of sp³-hybridized carbons (Fsp3) is 0.444. The van der Waals surface area contributed by atoms with Crippen molar-refractivity contribution < 1.29 is 14.3 Å². The molecule has 1 aromatic heterocycles. The molecule has 0 spiro atoms. The minimum atomic E-state index is -0.601. The second-order valence-corrected chi connectivity index (χ2v) is 6.37. The van der Waals surface area contributed by atoms with E-state index in [-0.39, 0.29) is 18.1 Å². The number of fused-ring (bicyclic) bond motifs is 1. The summed E-state index contributed by atoms with van der Waals surface area (Å²) in [7, 11) is 0. The molecule has 0 saturated carbocycles. The number of benzene rings is 1. The summed E-state index contributed by atoms with van der Waals surface area (Å²) in [6.45, 7) is 3.30. The highest BCUT2D eigenvalue weighted by Gasteiger charge is 2.38. The fourth-order valence-corrected chi connectivity index (χ4v) is 3.44. The van der Waals surface area contributed by atoms with Crippen molar-refractivity contribution in [1.29, 1.82) is 0 Å². The number of aromatic nitrogens is 2. The zero-order valence-corrected chi connectivity index (χ0v) is 13.7. The third-order valence-electron chi connectivity index (χ3n) is 4.69. The molecule has 3 unspecified atom stereocenters. The average molecular weight is 327 g/mol. The van der Waals surface area contributed by atoms with E-state index in [9.17, 15) is 4.79 Å². The maximum atomic E-state index is 13.0.